The summed E-state index contributed by atoms with van der Waals surface area (Å²) in [5.74, 6) is 0.603. The number of hydrogen-bond donors (Lipinski definition) is 3. The Hall–Kier alpha value is 1.09. The zero-order valence-electron chi connectivity index (χ0n) is 10.3. The van der Waals surface area contributed by atoms with Crippen molar-refractivity contribution in [3.63, 3.8) is 0 Å². The fourth-order valence-electron chi connectivity index (χ4n) is 0.838. The van der Waals surface area contributed by atoms with Crippen LogP contribution in [0.5, 0.6) is 0 Å². The minimum absolute atomic E-state index is 0.0420. The maximum absolute atomic E-state index is 10.5. The monoisotopic (exact) mass is 350 g/mol. The van der Waals surface area contributed by atoms with Gasteiger partial charge in [0.2, 0.25) is 5.69 Å². The van der Waals surface area contributed by atoms with E-state index in [0.717, 1.165) is 0 Å². The van der Waals surface area contributed by atoms with Crippen molar-refractivity contribution in [3.05, 3.63) is 0 Å². The Labute approximate surface area is 128 Å². The Kier molecular flexibility index (Phi) is 10.5. The first-order valence-corrected chi connectivity index (χ1v) is 10.9. The van der Waals surface area contributed by atoms with Crippen LogP contribution in [0.1, 0.15) is 20.3 Å². The Morgan fingerprint density at radius 1 is 1.33 bits per heavy atom. The van der Waals surface area contributed by atoms with Gasteiger partial charge < -0.3 is 14.2 Å². The lowest BCUT2D eigenvalue weighted by atomic mass is 10.5. The molecule has 0 heterocycles. The second-order valence-corrected chi connectivity index (χ2v) is 10.7. The first-order chi connectivity index (χ1) is 8.33. The lowest BCUT2D eigenvalue weighted by Gasteiger charge is -2.26. The molecule has 0 aliphatic rings. The average Bonchev–Trinajstić information content (AvgIpc) is 2.27. The van der Waals surface area contributed by atoms with Gasteiger partial charge in [0.25, 0.3) is 0 Å². The lowest BCUT2D eigenvalue weighted by Crippen LogP contribution is -2.13. The summed E-state index contributed by atoms with van der Waals surface area (Å²) >= 11 is 15.0. The molecular weight excluding hydrogens is 331 g/mol. The molecule has 0 fully saturated rings. The number of hydrogen-bond acceptors (Lipinski definition) is 7. The van der Waals surface area contributed by atoms with Crippen LogP contribution in [0.25, 0.3) is 0 Å². The van der Waals surface area contributed by atoms with Gasteiger partial charge in [-0.05, 0) is 25.7 Å². The summed E-state index contributed by atoms with van der Waals surface area (Å²) in [5, 5.41) is 8.63. The Bertz CT molecular complexity index is 286. The first kappa shape index (κ1) is 19.1. The fraction of sp³-hybridized carbons (Fsp3) is 0.889. The zero-order chi connectivity index (χ0) is 14.2. The molecule has 9 heteroatoms. The van der Waals surface area contributed by atoms with Gasteiger partial charge >= 0.3 is 5.97 Å². The van der Waals surface area contributed by atoms with E-state index in [1.165, 1.54) is 11.4 Å². The summed E-state index contributed by atoms with van der Waals surface area (Å²) in [4.78, 5) is 10.5. The van der Waals surface area contributed by atoms with Crippen molar-refractivity contribution in [2.75, 3.05) is 17.3 Å². The summed E-state index contributed by atoms with van der Waals surface area (Å²) in [6.07, 6.45) is -0.201. The van der Waals surface area contributed by atoms with Gasteiger partial charge in [-0.1, -0.05) is 11.4 Å². The van der Waals surface area contributed by atoms with Crippen LogP contribution < -0.4 is 0 Å². The molecule has 0 spiro atoms. The van der Waals surface area contributed by atoms with Gasteiger partial charge in [0, 0.05) is 17.3 Å². The maximum Gasteiger partial charge on any atom is 0.304 e. The van der Waals surface area contributed by atoms with Crippen LogP contribution in [0.15, 0.2) is 0 Å². The van der Waals surface area contributed by atoms with Crippen molar-refractivity contribution >= 4 is 60.1 Å². The van der Waals surface area contributed by atoms with E-state index < -0.39 is 11.7 Å². The number of rotatable bonds is 10. The van der Waals surface area contributed by atoms with E-state index in [9.17, 15) is 4.79 Å². The smallest absolute Gasteiger partial charge is 0.304 e. The molecule has 0 aromatic rings. The van der Waals surface area contributed by atoms with Gasteiger partial charge in [-0.3, -0.25) is 4.79 Å². The Balaban J connectivity index is 4.48. The van der Waals surface area contributed by atoms with Crippen molar-refractivity contribution in [2.24, 2.45) is 0 Å². The quantitative estimate of drug-likeness (QED) is 0.416. The number of carboxylic acid groups (broad SMARTS) is 1. The molecule has 0 amide bonds. The molecule has 0 saturated carbocycles. The molecule has 0 aliphatic carbocycles. The van der Waals surface area contributed by atoms with Gasteiger partial charge in [0.1, 0.15) is 0 Å². The SMILES string of the molecule is CC(CS)OP(=S)(OC(C)CS)SCCC(=O)O. The molecule has 0 aliphatic heterocycles. The highest BCUT2D eigenvalue weighted by molar-refractivity contribution is 8.67. The molecule has 0 rings (SSSR count). The van der Waals surface area contributed by atoms with E-state index in [0.29, 0.717) is 17.3 Å². The molecule has 0 bridgehead atoms. The first-order valence-electron chi connectivity index (χ1n) is 5.38. The van der Waals surface area contributed by atoms with Crippen molar-refractivity contribution in [3.8, 4) is 0 Å². The lowest BCUT2D eigenvalue weighted by molar-refractivity contribution is -0.136. The highest BCUT2D eigenvalue weighted by Crippen LogP contribution is 2.62. The third kappa shape index (κ3) is 9.07. The van der Waals surface area contributed by atoms with Crippen molar-refractivity contribution in [1.29, 1.82) is 0 Å². The van der Waals surface area contributed by atoms with Crippen molar-refractivity contribution in [2.45, 2.75) is 32.5 Å². The Morgan fingerprint density at radius 3 is 2.11 bits per heavy atom. The van der Waals surface area contributed by atoms with Crippen LogP contribution in [0.4, 0.5) is 0 Å². The minimum atomic E-state index is -2.53. The summed E-state index contributed by atoms with van der Waals surface area (Å²) in [5.41, 5.74) is -2.53. The minimum Gasteiger partial charge on any atom is -0.481 e. The molecule has 0 saturated heterocycles. The average molecular weight is 350 g/mol. The van der Waals surface area contributed by atoms with E-state index >= 15 is 0 Å². The molecule has 2 unspecified atom stereocenters. The van der Waals surface area contributed by atoms with Gasteiger partial charge in [-0.15, -0.1) is 0 Å². The number of carbonyl (C=O) groups is 1. The van der Waals surface area contributed by atoms with E-state index in [-0.39, 0.29) is 18.6 Å². The standard InChI is InChI=1S/C9H19O4PS4/c1-7(5-15)12-14(17,13-8(2)6-16)18-4-3-9(10)11/h7-8,15-16H,3-6H2,1-2H3,(H,10,11). The maximum atomic E-state index is 10.5. The van der Waals surface area contributed by atoms with E-state index in [4.69, 9.17) is 26.0 Å². The topological polar surface area (TPSA) is 55.8 Å². The molecular formula is C9H19O4PS4. The predicted octanol–water partition coefficient (Wildman–Crippen LogP) is 3.09. The van der Waals surface area contributed by atoms with Crippen LogP contribution in [0, 0.1) is 0 Å². The van der Waals surface area contributed by atoms with Crippen LogP contribution in [0.3, 0.4) is 0 Å². The highest BCUT2D eigenvalue weighted by Gasteiger charge is 2.25. The van der Waals surface area contributed by atoms with Crippen molar-refractivity contribution < 1.29 is 18.9 Å². The Morgan fingerprint density at radius 2 is 1.78 bits per heavy atom. The molecule has 0 aromatic heterocycles. The normalized spacial score (nSPS) is 18.0. The highest BCUT2D eigenvalue weighted by atomic mass is 32.9. The van der Waals surface area contributed by atoms with Crippen LogP contribution in [0.2, 0.25) is 0 Å². The summed E-state index contributed by atoms with van der Waals surface area (Å²) < 4.78 is 11.4. The van der Waals surface area contributed by atoms with Gasteiger partial charge in [-0.2, -0.15) is 25.3 Å². The zero-order valence-corrected chi connectivity index (χ0v) is 14.6. The van der Waals surface area contributed by atoms with E-state index in [1.807, 2.05) is 13.8 Å². The van der Waals surface area contributed by atoms with E-state index in [2.05, 4.69) is 25.3 Å². The molecule has 108 valence electrons. The molecule has 18 heavy (non-hydrogen) atoms. The predicted molar refractivity (Wildman–Crippen MR) is 87.8 cm³/mol. The summed E-state index contributed by atoms with van der Waals surface area (Å²) in [7, 11) is 0. The number of aliphatic carboxylic acids is 1. The van der Waals surface area contributed by atoms with Crippen LogP contribution >= 0.6 is 42.3 Å². The second kappa shape index (κ2) is 9.91. The molecule has 0 aromatic carbocycles. The molecule has 4 nitrogen and oxygen atoms in total. The molecule has 1 N–H and O–H groups in total. The van der Waals surface area contributed by atoms with E-state index in [1.54, 1.807) is 0 Å². The third-order valence-corrected chi connectivity index (χ3v) is 8.14. The largest absolute Gasteiger partial charge is 0.481 e. The third-order valence-electron chi connectivity index (χ3n) is 1.70. The van der Waals surface area contributed by atoms with Crippen LogP contribution in [-0.4, -0.2) is 40.5 Å². The number of thiol groups is 2. The fourth-order valence-corrected chi connectivity index (χ4v) is 6.66. The second-order valence-electron chi connectivity index (χ2n) is 3.62. The summed E-state index contributed by atoms with van der Waals surface area (Å²) in [6.45, 7) is 3.72. The number of carboxylic acids is 1. The van der Waals surface area contributed by atoms with Crippen LogP contribution in [-0.2, 0) is 25.6 Å². The molecule has 2 atom stereocenters. The molecule has 0 radical (unpaired) electrons. The van der Waals surface area contributed by atoms with Crippen molar-refractivity contribution in [1.82, 2.24) is 0 Å². The summed E-state index contributed by atoms with van der Waals surface area (Å²) in [6, 6.07) is 0. The van der Waals surface area contributed by atoms with Gasteiger partial charge in [0.15, 0.2) is 0 Å². The van der Waals surface area contributed by atoms with Gasteiger partial charge in [-0.25, -0.2) is 0 Å². The van der Waals surface area contributed by atoms with Gasteiger partial charge in [0.05, 0.1) is 18.6 Å².